The van der Waals surface area contributed by atoms with Crippen LogP contribution < -0.4 is 5.73 Å². The van der Waals surface area contributed by atoms with E-state index in [9.17, 15) is 0 Å². The van der Waals surface area contributed by atoms with Gasteiger partial charge in [0.05, 0.1) is 0 Å². The van der Waals surface area contributed by atoms with Crippen molar-refractivity contribution in [2.24, 2.45) is 11.1 Å². The molecule has 2 atom stereocenters. The van der Waals surface area contributed by atoms with Gasteiger partial charge < -0.3 is 5.73 Å². The molecule has 2 unspecified atom stereocenters. The van der Waals surface area contributed by atoms with Crippen molar-refractivity contribution in [1.82, 2.24) is 4.90 Å². The van der Waals surface area contributed by atoms with Crippen molar-refractivity contribution in [3.8, 4) is 0 Å². The van der Waals surface area contributed by atoms with Gasteiger partial charge in [0.25, 0.3) is 0 Å². The van der Waals surface area contributed by atoms with Crippen LogP contribution in [-0.2, 0) is 0 Å². The lowest BCUT2D eigenvalue weighted by Gasteiger charge is -2.43. The Morgan fingerprint density at radius 1 is 1.40 bits per heavy atom. The van der Waals surface area contributed by atoms with Crippen LogP contribution in [0.3, 0.4) is 0 Å². The first-order chi connectivity index (χ1) is 6.82. The number of nitrogens with two attached hydrogens (primary N) is 1. The molecule has 88 valence electrons. The van der Waals surface area contributed by atoms with Gasteiger partial charge >= 0.3 is 0 Å². The van der Waals surface area contributed by atoms with Crippen LogP contribution in [-0.4, -0.2) is 30.1 Å². The number of rotatable bonds is 2. The SMILES string of the molecule is CC1=CCN(C(C(C)N)C(C)(C)C)CC1. The lowest BCUT2D eigenvalue weighted by molar-refractivity contribution is 0.0894. The molecule has 0 aromatic heterocycles. The second kappa shape index (κ2) is 4.67. The lowest BCUT2D eigenvalue weighted by Crippen LogP contribution is -2.54. The molecule has 0 saturated heterocycles. The minimum atomic E-state index is 0.233. The average molecular weight is 210 g/mol. The third-order valence-corrected chi connectivity index (χ3v) is 3.25. The zero-order valence-electron chi connectivity index (χ0n) is 10.9. The van der Waals surface area contributed by atoms with E-state index in [0.29, 0.717) is 6.04 Å². The summed E-state index contributed by atoms with van der Waals surface area (Å²) in [5.41, 5.74) is 7.90. The standard InChI is InChI=1S/C13H26N2/c1-10-6-8-15(9-7-10)12(11(2)14)13(3,4)5/h6,11-12H,7-9,14H2,1-5H3. The summed E-state index contributed by atoms with van der Waals surface area (Å²) in [5, 5.41) is 0. The summed E-state index contributed by atoms with van der Waals surface area (Å²) in [6.45, 7) is 13.4. The van der Waals surface area contributed by atoms with Gasteiger partial charge in [0, 0.05) is 25.2 Å². The van der Waals surface area contributed by atoms with Crippen LogP contribution in [0.25, 0.3) is 0 Å². The molecule has 0 radical (unpaired) electrons. The zero-order valence-corrected chi connectivity index (χ0v) is 10.9. The van der Waals surface area contributed by atoms with Crippen LogP contribution >= 0.6 is 0 Å². The lowest BCUT2D eigenvalue weighted by atomic mass is 9.81. The Kier molecular flexibility index (Phi) is 3.96. The number of nitrogens with zero attached hydrogens (tertiary/aromatic N) is 1. The highest BCUT2D eigenvalue weighted by Crippen LogP contribution is 2.28. The van der Waals surface area contributed by atoms with E-state index >= 15 is 0 Å². The van der Waals surface area contributed by atoms with Crippen LogP contribution in [0.2, 0.25) is 0 Å². The predicted octanol–water partition coefficient (Wildman–Crippen LogP) is 2.40. The highest BCUT2D eigenvalue weighted by molar-refractivity contribution is 5.06. The molecule has 15 heavy (non-hydrogen) atoms. The van der Waals surface area contributed by atoms with Gasteiger partial charge in [0.2, 0.25) is 0 Å². The molecule has 0 spiro atoms. The van der Waals surface area contributed by atoms with Crippen LogP contribution in [0.15, 0.2) is 11.6 Å². The normalized spacial score (nSPS) is 23.5. The molecule has 1 heterocycles. The monoisotopic (exact) mass is 210 g/mol. The van der Waals surface area contributed by atoms with Gasteiger partial charge in [0.15, 0.2) is 0 Å². The third-order valence-electron chi connectivity index (χ3n) is 3.25. The maximum Gasteiger partial charge on any atom is 0.0296 e. The van der Waals surface area contributed by atoms with Crippen LogP contribution in [0.5, 0.6) is 0 Å². The van der Waals surface area contributed by atoms with Gasteiger partial charge in [0.1, 0.15) is 0 Å². The molecule has 0 fully saturated rings. The number of hydrogen-bond acceptors (Lipinski definition) is 2. The Balaban J connectivity index is 2.74. The van der Waals surface area contributed by atoms with Crippen molar-refractivity contribution in [2.45, 2.75) is 53.1 Å². The quantitative estimate of drug-likeness (QED) is 0.709. The molecular formula is C13H26N2. The predicted molar refractivity (Wildman–Crippen MR) is 66.8 cm³/mol. The fraction of sp³-hybridized carbons (Fsp3) is 0.846. The van der Waals surface area contributed by atoms with E-state index in [4.69, 9.17) is 5.73 Å². The zero-order chi connectivity index (χ0) is 11.6. The number of hydrogen-bond donors (Lipinski definition) is 1. The summed E-state index contributed by atoms with van der Waals surface area (Å²) >= 11 is 0. The van der Waals surface area contributed by atoms with Crippen molar-refractivity contribution >= 4 is 0 Å². The summed E-state index contributed by atoms with van der Waals surface area (Å²) in [6.07, 6.45) is 3.53. The van der Waals surface area contributed by atoms with Crippen molar-refractivity contribution in [3.05, 3.63) is 11.6 Å². The molecule has 2 heteroatoms. The first-order valence-electron chi connectivity index (χ1n) is 5.97. The van der Waals surface area contributed by atoms with E-state index in [0.717, 1.165) is 13.1 Å². The van der Waals surface area contributed by atoms with E-state index < -0.39 is 0 Å². The Morgan fingerprint density at radius 2 is 2.00 bits per heavy atom. The van der Waals surface area contributed by atoms with E-state index in [2.05, 4.69) is 45.6 Å². The van der Waals surface area contributed by atoms with Crippen molar-refractivity contribution < 1.29 is 0 Å². The topological polar surface area (TPSA) is 29.3 Å². The molecule has 0 saturated carbocycles. The summed E-state index contributed by atoms with van der Waals surface area (Å²) < 4.78 is 0. The first-order valence-corrected chi connectivity index (χ1v) is 5.97. The van der Waals surface area contributed by atoms with Crippen LogP contribution in [0.1, 0.15) is 41.0 Å². The molecule has 0 aromatic rings. The van der Waals surface area contributed by atoms with Crippen molar-refractivity contribution in [2.75, 3.05) is 13.1 Å². The molecule has 1 aliphatic heterocycles. The molecule has 1 aliphatic rings. The van der Waals surface area contributed by atoms with Gasteiger partial charge in [-0.2, -0.15) is 0 Å². The van der Waals surface area contributed by atoms with Gasteiger partial charge in [-0.15, -0.1) is 0 Å². The fourth-order valence-corrected chi connectivity index (χ4v) is 2.71. The summed E-state index contributed by atoms with van der Waals surface area (Å²) in [4.78, 5) is 2.53. The average Bonchev–Trinajstić information content (AvgIpc) is 2.05. The molecule has 1 rings (SSSR count). The molecule has 0 amide bonds. The molecular weight excluding hydrogens is 184 g/mol. The van der Waals surface area contributed by atoms with Gasteiger partial charge in [-0.05, 0) is 25.7 Å². The largest absolute Gasteiger partial charge is 0.327 e. The van der Waals surface area contributed by atoms with Gasteiger partial charge in [-0.3, -0.25) is 4.90 Å². The maximum absolute atomic E-state index is 6.13. The highest BCUT2D eigenvalue weighted by atomic mass is 15.2. The van der Waals surface area contributed by atoms with E-state index in [-0.39, 0.29) is 11.5 Å². The maximum atomic E-state index is 6.13. The Labute approximate surface area is 94.5 Å². The molecule has 0 bridgehead atoms. The molecule has 2 N–H and O–H groups in total. The van der Waals surface area contributed by atoms with Crippen LogP contribution in [0.4, 0.5) is 0 Å². The molecule has 2 nitrogen and oxygen atoms in total. The van der Waals surface area contributed by atoms with Crippen molar-refractivity contribution in [3.63, 3.8) is 0 Å². The van der Waals surface area contributed by atoms with Crippen molar-refractivity contribution in [1.29, 1.82) is 0 Å². The summed E-state index contributed by atoms with van der Waals surface area (Å²) in [6, 6.07) is 0.707. The Bertz CT molecular complexity index is 235. The first kappa shape index (κ1) is 12.7. The summed E-state index contributed by atoms with van der Waals surface area (Å²) in [5.74, 6) is 0. The fourth-order valence-electron chi connectivity index (χ4n) is 2.71. The third kappa shape index (κ3) is 3.32. The second-order valence-corrected chi connectivity index (χ2v) is 5.97. The van der Waals surface area contributed by atoms with Crippen LogP contribution in [0, 0.1) is 5.41 Å². The van der Waals surface area contributed by atoms with E-state index in [1.54, 1.807) is 0 Å². The Morgan fingerprint density at radius 3 is 2.33 bits per heavy atom. The second-order valence-electron chi connectivity index (χ2n) is 5.97. The minimum absolute atomic E-state index is 0.233. The highest BCUT2D eigenvalue weighted by Gasteiger charge is 2.33. The molecule has 0 aliphatic carbocycles. The summed E-state index contributed by atoms with van der Waals surface area (Å²) in [7, 11) is 0. The Hall–Kier alpha value is -0.340. The van der Waals surface area contributed by atoms with E-state index in [1.165, 1.54) is 12.0 Å². The van der Waals surface area contributed by atoms with Gasteiger partial charge in [-0.1, -0.05) is 32.4 Å². The minimum Gasteiger partial charge on any atom is -0.327 e. The smallest absolute Gasteiger partial charge is 0.0296 e. The van der Waals surface area contributed by atoms with E-state index in [1.807, 2.05) is 0 Å². The molecule has 0 aromatic carbocycles. The van der Waals surface area contributed by atoms with Gasteiger partial charge in [-0.25, -0.2) is 0 Å².